The van der Waals surface area contributed by atoms with E-state index in [2.05, 4.69) is 10.6 Å². The molecule has 6 nitrogen and oxygen atoms in total. The first-order valence-corrected chi connectivity index (χ1v) is 9.74. The molecule has 2 atom stereocenters. The van der Waals surface area contributed by atoms with Gasteiger partial charge in [-0.25, -0.2) is 22.4 Å². The van der Waals surface area contributed by atoms with E-state index in [1.807, 2.05) is 30.3 Å². The van der Waals surface area contributed by atoms with Gasteiger partial charge in [0, 0.05) is 24.4 Å². The lowest BCUT2D eigenvalue weighted by atomic mass is 10.2. The molecule has 1 fully saturated rings. The predicted molar refractivity (Wildman–Crippen MR) is 110 cm³/mol. The monoisotopic (exact) mass is 449 g/mol. The smallest absolute Gasteiger partial charge is 0.414 e. The Balaban J connectivity index is 1.48. The molecule has 3 N–H and O–H groups in total. The zero-order valence-corrected chi connectivity index (χ0v) is 16.6. The minimum atomic E-state index is -3.01. The first kappa shape index (κ1) is 21.8. The normalized spacial score (nSPS) is 17.1. The number of cyclic esters (lactones) is 1. The number of aliphatic hydroxyl groups excluding tert-OH is 1. The molecule has 1 heterocycles. The Labute approximate surface area is 180 Å². The molecule has 0 bridgehead atoms. The van der Waals surface area contributed by atoms with Crippen LogP contribution in [-0.2, 0) is 4.74 Å². The summed E-state index contributed by atoms with van der Waals surface area (Å²) in [6.45, 7) is -0.377. The first-order chi connectivity index (χ1) is 15.3. The van der Waals surface area contributed by atoms with Crippen LogP contribution in [0.5, 0.6) is 0 Å². The van der Waals surface area contributed by atoms with Crippen molar-refractivity contribution in [3.8, 4) is 11.1 Å². The second-order valence-corrected chi connectivity index (χ2v) is 7.27. The second kappa shape index (κ2) is 9.01. The van der Waals surface area contributed by atoms with E-state index in [0.717, 1.165) is 28.2 Å². The predicted octanol–water partition coefficient (Wildman–Crippen LogP) is 4.31. The maximum Gasteiger partial charge on any atom is 0.414 e. The Morgan fingerprint density at radius 3 is 2.28 bits per heavy atom. The van der Waals surface area contributed by atoms with E-state index in [-0.39, 0.29) is 24.5 Å². The second-order valence-electron chi connectivity index (χ2n) is 7.27. The quantitative estimate of drug-likeness (QED) is 0.370. The summed E-state index contributed by atoms with van der Waals surface area (Å²) in [5, 5.41) is 13.9. The molecule has 1 aromatic rings. The number of halogens is 4. The Kier molecular flexibility index (Phi) is 6.15. The molecule has 2 aliphatic carbocycles. The van der Waals surface area contributed by atoms with Crippen LogP contribution in [0.3, 0.4) is 0 Å². The van der Waals surface area contributed by atoms with Crippen LogP contribution in [-0.4, -0.2) is 43.0 Å². The number of nitrogens with one attached hydrogen (secondary N) is 2. The Bertz CT molecular complexity index is 1040. The van der Waals surface area contributed by atoms with Gasteiger partial charge in [0.25, 0.3) is 6.43 Å². The van der Waals surface area contributed by atoms with Crippen LogP contribution >= 0.6 is 0 Å². The largest absolute Gasteiger partial charge is 0.443 e. The van der Waals surface area contributed by atoms with Gasteiger partial charge in [0.05, 0.1) is 12.2 Å². The molecule has 3 aliphatic rings. The van der Waals surface area contributed by atoms with Crippen molar-refractivity contribution in [2.75, 3.05) is 23.3 Å². The number of benzene rings is 1. The summed E-state index contributed by atoms with van der Waals surface area (Å²) >= 11 is 0. The molecule has 0 saturated carbocycles. The third-order valence-corrected chi connectivity index (χ3v) is 5.05. The fraction of sp³-hybridized carbons (Fsp3) is 0.227. The SMILES string of the molecule is O=C1OC(CNC(O)C(F)F)CN1c1cc(F)c(Nc2ccc3cccc-3cc2)c(F)c1. The molecule has 1 amide bonds. The molecule has 2 unspecified atom stereocenters. The average Bonchev–Trinajstić information content (AvgIpc) is 3.31. The number of carbonyl (C=O) groups is 1. The summed E-state index contributed by atoms with van der Waals surface area (Å²) in [4.78, 5) is 13.1. The van der Waals surface area contributed by atoms with Gasteiger partial charge < -0.3 is 15.2 Å². The van der Waals surface area contributed by atoms with Crippen molar-refractivity contribution in [2.24, 2.45) is 0 Å². The van der Waals surface area contributed by atoms with Crippen molar-refractivity contribution in [1.29, 1.82) is 0 Å². The highest BCUT2D eigenvalue weighted by Crippen LogP contribution is 2.31. The number of anilines is 3. The highest BCUT2D eigenvalue weighted by Gasteiger charge is 2.34. The number of carbonyl (C=O) groups excluding carboxylic acids is 1. The third-order valence-electron chi connectivity index (χ3n) is 5.05. The molecule has 1 aliphatic heterocycles. The molecule has 1 aromatic carbocycles. The van der Waals surface area contributed by atoms with E-state index in [0.29, 0.717) is 5.69 Å². The third kappa shape index (κ3) is 4.61. The number of nitrogens with zero attached hydrogens (tertiary/aromatic N) is 1. The molecule has 10 heteroatoms. The van der Waals surface area contributed by atoms with Gasteiger partial charge >= 0.3 is 6.09 Å². The van der Waals surface area contributed by atoms with Crippen LogP contribution in [0.4, 0.5) is 39.4 Å². The summed E-state index contributed by atoms with van der Waals surface area (Å²) < 4.78 is 59.2. The number of amides is 1. The molecule has 0 spiro atoms. The van der Waals surface area contributed by atoms with Crippen LogP contribution in [0.2, 0.25) is 0 Å². The topological polar surface area (TPSA) is 73.8 Å². The molecule has 32 heavy (non-hydrogen) atoms. The van der Waals surface area contributed by atoms with Gasteiger partial charge in [-0.1, -0.05) is 30.3 Å². The zero-order valence-electron chi connectivity index (χ0n) is 16.6. The molecule has 168 valence electrons. The number of alkyl halides is 2. The molecule has 1 saturated heterocycles. The summed E-state index contributed by atoms with van der Waals surface area (Å²) in [6, 6.07) is 14.7. The van der Waals surface area contributed by atoms with Gasteiger partial charge in [-0.15, -0.1) is 0 Å². The van der Waals surface area contributed by atoms with Crippen molar-refractivity contribution in [1.82, 2.24) is 5.32 Å². The van der Waals surface area contributed by atoms with Crippen LogP contribution in [0, 0.1) is 11.6 Å². The standard InChI is InChI=1S/C22H19F4N3O3/c23-17-8-15(29-11-16(32-22(29)31)10-27-21(30)20(25)26)9-18(24)19(17)28-14-6-4-12-2-1-3-13(12)5-7-14/h1-9,16,20-21,27-28,30H,10-11H2. The lowest BCUT2D eigenvalue weighted by Crippen LogP contribution is -2.41. The maximum absolute atomic E-state index is 14.7. The van der Waals surface area contributed by atoms with Gasteiger partial charge in [0.1, 0.15) is 11.8 Å². The van der Waals surface area contributed by atoms with E-state index >= 15 is 0 Å². The molecular formula is C22H19F4N3O3. The molecule has 4 rings (SSSR count). The van der Waals surface area contributed by atoms with Crippen molar-refractivity contribution < 1.29 is 32.2 Å². The summed E-state index contributed by atoms with van der Waals surface area (Å²) in [7, 11) is 0. The Morgan fingerprint density at radius 2 is 1.69 bits per heavy atom. The minimum Gasteiger partial charge on any atom is -0.443 e. The van der Waals surface area contributed by atoms with Crippen LogP contribution < -0.4 is 15.5 Å². The number of aliphatic hydroxyl groups is 1. The van der Waals surface area contributed by atoms with Gasteiger partial charge in [-0.3, -0.25) is 10.2 Å². The van der Waals surface area contributed by atoms with Crippen molar-refractivity contribution >= 4 is 23.2 Å². The summed E-state index contributed by atoms with van der Waals surface area (Å²) in [5.74, 6) is -1.85. The lowest BCUT2D eigenvalue weighted by molar-refractivity contribution is -0.0286. The van der Waals surface area contributed by atoms with E-state index < -0.39 is 36.5 Å². The van der Waals surface area contributed by atoms with Gasteiger partial charge in [0.15, 0.2) is 17.9 Å². The number of hydrogen-bond donors (Lipinski definition) is 3. The molecule has 0 radical (unpaired) electrons. The zero-order chi connectivity index (χ0) is 22.8. The van der Waals surface area contributed by atoms with Crippen LogP contribution in [0.15, 0.2) is 54.6 Å². The Morgan fingerprint density at radius 1 is 1.06 bits per heavy atom. The van der Waals surface area contributed by atoms with Crippen molar-refractivity contribution in [2.45, 2.75) is 18.8 Å². The Hall–Kier alpha value is -3.37. The fourth-order valence-electron chi connectivity index (χ4n) is 3.41. The maximum atomic E-state index is 14.7. The van der Waals surface area contributed by atoms with E-state index in [9.17, 15) is 22.4 Å². The van der Waals surface area contributed by atoms with Gasteiger partial charge in [-0.05, 0) is 23.3 Å². The lowest BCUT2D eigenvalue weighted by Gasteiger charge is -2.16. The molecule has 0 aromatic heterocycles. The van der Waals surface area contributed by atoms with E-state index in [1.54, 1.807) is 12.1 Å². The van der Waals surface area contributed by atoms with E-state index in [4.69, 9.17) is 9.84 Å². The summed E-state index contributed by atoms with van der Waals surface area (Å²) in [5.41, 5.74) is 1.96. The van der Waals surface area contributed by atoms with Gasteiger partial charge in [-0.2, -0.15) is 0 Å². The minimum absolute atomic E-state index is 0.0789. The molecular weight excluding hydrogens is 430 g/mol. The van der Waals surface area contributed by atoms with Gasteiger partial charge in [0.2, 0.25) is 0 Å². The first-order valence-electron chi connectivity index (χ1n) is 9.74. The summed E-state index contributed by atoms with van der Waals surface area (Å²) in [6.07, 6.45) is -6.83. The van der Waals surface area contributed by atoms with Crippen molar-refractivity contribution in [3.05, 3.63) is 66.2 Å². The van der Waals surface area contributed by atoms with Crippen molar-refractivity contribution in [3.63, 3.8) is 0 Å². The number of ether oxygens (including phenoxy) is 1. The highest BCUT2D eigenvalue weighted by molar-refractivity contribution is 5.90. The highest BCUT2D eigenvalue weighted by atomic mass is 19.3. The average molecular weight is 449 g/mol. The fourth-order valence-corrected chi connectivity index (χ4v) is 3.41. The van der Waals surface area contributed by atoms with Crippen LogP contribution in [0.1, 0.15) is 0 Å². The number of hydrogen-bond acceptors (Lipinski definition) is 5. The number of rotatable bonds is 7. The number of fused-ring (bicyclic) bond motifs is 1. The van der Waals surface area contributed by atoms with E-state index in [1.165, 1.54) is 0 Å². The van der Waals surface area contributed by atoms with Crippen LogP contribution in [0.25, 0.3) is 11.1 Å².